The third kappa shape index (κ3) is 2.78. The van der Waals surface area contributed by atoms with Crippen LogP contribution >= 0.6 is 0 Å². The fraction of sp³-hybridized carbons (Fsp3) is 0.188. The molecule has 2 aromatic carbocycles. The Morgan fingerprint density at radius 1 is 1.05 bits per heavy atom. The van der Waals surface area contributed by atoms with E-state index in [1.165, 1.54) is 6.07 Å². The lowest BCUT2D eigenvalue weighted by atomic mass is 9.95. The van der Waals surface area contributed by atoms with E-state index in [1.54, 1.807) is 0 Å². The predicted molar refractivity (Wildman–Crippen MR) is 75.8 cm³/mol. The van der Waals surface area contributed by atoms with E-state index in [9.17, 15) is 13.6 Å². The van der Waals surface area contributed by atoms with Gasteiger partial charge in [0.15, 0.2) is 0 Å². The van der Waals surface area contributed by atoms with Gasteiger partial charge in [-0.15, -0.1) is 0 Å². The minimum Gasteiger partial charge on any atom is -0.320 e. The highest BCUT2D eigenvalue weighted by atomic mass is 19.1. The van der Waals surface area contributed by atoms with Gasteiger partial charge in [-0.1, -0.05) is 30.3 Å². The van der Waals surface area contributed by atoms with Crippen molar-refractivity contribution in [3.8, 4) is 0 Å². The first-order chi connectivity index (χ1) is 10.1. The number of fused-ring (bicyclic) bond motifs is 1. The molecule has 2 aromatic rings. The lowest BCUT2D eigenvalue weighted by molar-refractivity contribution is -0.118. The van der Waals surface area contributed by atoms with Crippen molar-refractivity contribution in [2.45, 2.75) is 19.0 Å². The predicted octanol–water partition coefficient (Wildman–Crippen LogP) is 2.62. The Morgan fingerprint density at radius 3 is 2.43 bits per heavy atom. The summed E-state index contributed by atoms with van der Waals surface area (Å²) in [4.78, 5) is 12.2. The number of rotatable bonds is 2. The lowest BCUT2D eigenvalue weighted by Gasteiger charge is -2.25. The zero-order valence-electron chi connectivity index (χ0n) is 11.2. The Hall–Kier alpha value is -2.27. The second-order valence-corrected chi connectivity index (χ2v) is 4.99. The summed E-state index contributed by atoms with van der Waals surface area (Å²) in [6.45, 7) is 0.564. The summed E-state index contributed by atoms with van der Waals surface area (Å²) in [6.07, 6.45) is 0.498. The Kier molecular flexibility index (Phi) is 3.66. The van der Waals surface area contributed by atoms with Crippen LogP contribution in [0.1, 0.15) is 11.1 Å². The van der Waals surface area contributed by atoms with Crippen molar-refractivity contribution in [3.05, 3.63) is 65.2 Å². The maximum Gasteiger partial charge on any atom is 0.242 e. The molecule has 0 bridgehead atoms. The summed E-state index contributed by atoms with van der Waals surface area (Å²) >= 11 is 0. The van der Waals surface area contributed by atoms with Gasteiger partial charge >= 0.3 is 0 Å². The summed E-state index contributed by atoms with van der Waals surface area (Å²) < 4.78 is 27.1. The van der Waals surface area contributed by atoms with E-state index in [0.29, 0.717) is 13.0 Å². The van der Waals surface area contributed by atoms with E-state index in [4.69, 9.17) is 0 Å². The number of carbonyl (C=O) groups excluding carboxylic acids is 1. The molecule has 1 aliphatic heterocycles. The van der Waals surface area contributed by atoms with E-state index >= 15 is 0 Å². The van der Waals surface area contributed by atoms with Crippen LogP contribution in [-0.2, 0) is 17.8 Å². The van der Waals surface area contributed by atoms with Crippen molar-refractivity contribution < 1.29 is 13.6 Å². The molecule has 1 amide bonds. The van der Waals surface area contributed by atoms with Crippen LogP contribution in [0.4, 0.5) is 14.5 Å². The molecule has 2 N–H and O–H groups in total. The third-order valence-electron chi connectivity index (χ3n) is 3.61. The number of carbonyl (C=O) groups is 1. The first kappa shape index (κ1) is 13.7. The fourth-order valence-corrected chi connectivity index (χ4v) is 2.47. The molecule has 1 atom stereocenters. The SMILES string of the molecule is O=C(Nc1c(F)cccc1F)C1Cc2ccccc2CN1. The maximum absolute atomic E-state index is 13.5. The Balaban J connectivity index is 1.76. The van der Waals surface area contributed by atoms with Crippen molar-refractivity contribution in [2.24, 2.45) is 0 Å². The van der Waals surface area contributed by atoms with Crippen LogP contribution in [0, 0.1) is 11.6 Å². The molecule has 3 rings (SSSR count). The van der Waals surface area contributed by atoms with Crippen molar-refractivity contribution >= 4 is 11.6 Å². The molecular weight excluding hydrogens is 274 g/mol. The maximum atomic E-state index is 13.5. The number of hydrogen-bond donors (Lipinski definition) is 2. The van der Waals surface area contributed by atoms with Crippen LogP contribution in [0.5, 0.6) is 0 Å². The minimum absolute atomic E-state index is 0.400. The molecule has 0 fully saturated rings. The number of hydrogen-bond acceptors (Lipinski definition) is 2. The van der Waals surface area contributed by atoms with E-state index in [-0.39, 0.29) is 0 Å². The highest BCUT2D eigenvalue weighted by Crippen LogP contribution is 2.20. The van der Waals surface area contributed by atoms with Crippen molar-refractivity contribution in [2.75, 3.05) is 5.32 Å². The molecule has 5 heteroatoms. The van der Waals surface area contributed by atoms with Gasteiger partial charge < -0.3 is 10.6 Å². The first-order valence-electron chi connectivity index (χ1n) is 6.70. The number of anilines is 1. The van der Waals surface area contributed by atoms with Gasteiger partial charge in [-0.25, -0.2) is 8.78 Å². The second kappa shape index (κ2) is 5.61. The molecule has 0 saturated heterocycles. The van der Waals surface area contributed by atoms with Crippen LogP contribution in [-0.4, -0.2) is 11.9 Å². The number of halogens is 2. The average Bonchev–Trinajstić information content (AvgIpc) is 2.50. The van der Waals surface area contributed by atoms with Crippen LogP contribution < -0.4 is 10.6 Å². The third-order valence-corrected chi connectivity index (χ3v) is 3.61. The van der Waals surface area contributed by atoms with Gasteiger partial charge in [0.2, 0.25) is 5.91 Å². The van der Waals surface area contributed by atoms with Gasteiger partial charge in [-0.3, -0.25) is 4.79 Å². The van der Waals surface area contributed by atoms with Gasteiger partial charge in [0.05, 0.1) is 6.04 Å². The molecule has 0 radical (unpaired) electrons. The summed E-state index contributed by atoms with van der Waals surface area (Å²) in [7, 11) is 0. The smallest absolute Gasteiger partial charge is 0.242 e. The van der Waals surface area contributed by atoms with E-state index < -0.39 is 29.3 Å². The van der Waals surface area contributed by atoms with Crippen LogP contribution in [0.25, 0.3) is 0 Å². The number of nitrogens with one attached hydrogen (secondary N) is 2. The molecule has 0 spiro atoms. The van der Waals surface area contributed by atoms with Gasteiger partial charge in [0.1, 0.15) is 17.3 Å². The molecule has 21 heavy (non-hydrogen) atoms. The minimum atomic E-state index is -0.778. The van der Waals surface area contributed by atoms with Gasteiger partial charge in [-0.2, -0.15) is 0 Å². The largest absolute Gasteiger partial charge is 0.320 e. The Labute approximate surface area is 121 Å². The molecule has 1 unspecified atom stereocenters. The molecule has 3 nitrogen and oxygen atoms in total. The normalized spacial score (nSPS) is 17.1. The first-order valence-corrected chi connectivity index (χ1v) is 6.70. The van der Waals surface area contributed by atoms with Crippen molar-refractivity contribution in [1.82, 2.24) is 5.32 Å². The summed E-state index contributed by atoms with van der Waals surface area (Å²) in [5, 5.41) is 5.40. The van der Waals surface area contributed by atoms with E-state index in [0.717, 1.165) is 23.3 Å². The standard InChI is InChI=1S/C16H14F2N2O/c17-12-6-3-7-13(18)15(12)20-16(21)14-8-10-4-1-2-5-11(10)9-19-14/h1-7,14,19H,8-9H2,(H,20,21). The molecule has 108 valence electrons. The van der Waals surface area contributed by atoms with E-state index in [2.05, 4.69) is 10.6 Å². The summed E-state index contributed by atoms with van der Waals surface area (Å²) in [5.74, 6) is -1.99. The van der Waals surface area contributed by atoms with Crippen molar-refractivity contribution in [1.29, 1.82) is 0 Å². The fourth-order valence-electron chi connectivity index (χ4n) is 2.47. The highest BCUT2D eigenvalue weighted by Gasteiger charge is 2.25. The molecule has 1 aliphatic rings. The monoisotopic (exact) mass is 288 g/mol. The number of amides is 1. The van der Waals surface area contributed by atoms with Gasteiger partial charge in [-0.05, 0) is 29.7 Å². The van der Waals surface area contributed by atoms with Crippen LogP contribution in [0.3, 0.4) is 0 Å². The zero-order chi connectivity index (χ0) is 14.8. The highest BCUT2D eigenvalue weighted by molar-refractivity contribution is 5.95. The lowest BCUT2D eigenvalue weighted by Crippen LogP contribution is -2.44. The topological polar surface area (TPSA) is 41.1 Å². The van der Waals surface area contributed by atoms with Gasteiger partial charge in [0, 0.05) is 6.54 Å². The van der Waals surface area contributed by atoms with Crippen LogP contribution in [0.2, 0.25) is 0 Å². The number of para-hydroxylation sites is 1. The second-order valence-electron chi connectivity index (χ2n) is 4.99. The average molecular weight is 288 g/mol. The molecular formula is C16H14F2N2O. The van der Waals surface area contributed by atoms with Gasteiger partial charge in [0.25, 0.3) is 0 Å². The van der Waals surface area contributed by atoms with E-state index in [1.807, 2.05) is 24.3 Å². The van der Waals surface area contributed by atoms with Crippen molar-refractivity contribution in [3.63, 3.8) is 0 Å². The summed E-state index contributed by atoms with van der Waals surface area (Å²) in [6, 6.07) is 10.8. The van der Waals surface area contributed by atoms with Crippen LogP contribution in [0.15, 0.2) is 42.5 Å². The Morgan fingerprint density at radius 2 is 1.71 bits per heavy atom. The molecule has 0 aliphatic carbocycles. The molecule has 1 heterocycles. The molecule has 0 aromatic heterocycles. The molecule has 0 saturated carbocycles. The summed E-state index contributed by atoms with van der Waals surface area (Å²) in [5.41, 5.74) is 1.81. The number of benzene rings is 2. The zero-order valence-corrected chi connectivity index (χ0v) is 11.2. The Bertz CT molecular complexity index is 667. The quantitative estimate of drug-likeness (QED) is 0.892.